The van der Waals surface area contributed by atoms with E-state index in [1.165, 1.54) is 16.7 Å². The van der Waals surface area contributed by atoms with Crippen molar-refractivity contribution in [1.82, 2.24) is 0 Å². The first-order valence-electron chi connectivity index (χ1n) is 8.89. The summed E-state index contributed by atoms with van der Waals surface area (Å²) < 4.78 is 12.8. The highest BCUT2D eigenvalue weighted by Gasteiger charge is 2.30. The molecule has 0 saturated carbocycles. The van der Waals surface area contributed by atoms with Crippen LogP contribution in [0.25, 0.3) is 11.1 Å². The summed E-state index contributed by atoms with van der Waals surface area (Å²) in [6.07, 6.45) is 0. The van der Waals surface area contributed by atoms with Gasteiger partial charge in [-0.15, -0.1) is 0 Å². The summed E-state index contributed by atoms with van der Waals surface area (Å²) in [7, 11) is -1.23. The highest BCUT2D eigenvalue weighted by Crippen LogP contribution is 2.50. The Morgan fingerprint density at radius 1 is 0.846 bits per heavy atom. The van der Waals surface area contributed by atoms with Crippen LogP contribution in [0.1, 0.15) is 31.9 Å². The van der Waals surface area contributed by atoms with Crippen molar-refractivity contribution in [3.63, 3.8) is 0 Å². The second-order valence-corrected chi connectivity index (χ2v) is 9.06. The van der Waals surface area contributed by atoms with E-state index in [9.17, 15) is 0 Å². The van der Waals surface area contributed by atoms with Gasteiger partial charge >= 0.3 is 8.38 Å². The van der Waals surface area contributed by atoms with E-state index in [1.54, 1.807) is 0 Å². The zero-order valence-corrected chi connectivity index (χ0v) is 16.5. The van der Waals surface area contributed by atoms with Crippen LogP contribution in [0.4, 0.5) is 0 Å². The van der Waals surface area contributed by atoms with Crippen LogP contribution in [0.2, 0.25) is 0 Å². The Labute approximate surface area is 156 Å². The zero-order valence-electron chi connectivity index (χ0n) is 15.6. The van der Waals surface area contributed by atoms with Crippen molar-refractivity contribution in [1.29, 1.82) is 0 Å². The number of benzene rings is 3. The minimum Gasteiger partial charge on any atom is -0.435 e. The van der Waals surface area contributed by atoms with Gasteiger partial charge in [0, 0.05) is 5.56 Å². The summed E-state index contributed by atoms with van der Waals surface area (Å²) in [5, 5.41) is 1.13. The Kier molecular flexibility index (Phi) is 4.25. The number of hydrogen-bond donors (Lipinski definition) is 0. The van der Waals surface area contributed by atoms with Gasteiger partial charge < -0.3 is 9.05 Å². The molecule has 0 fully saturated rings. The molecule has 0 aromatic heterocycles. The van der Waals surface area contributed by atoms with Gasteiger partial charge in [-0.05, 0) is 47.2 Å². The topological polar surface area (TPSA) is 18.5 Å². The monoisotopic (exact) mass is 362 g/mol. The molecule has 3 aromatic rings. The van der Waals surface area contributed by atoms with Gasteiger partial charge in [0.25, 0.3) is 0 Å². The quantitative estimate of drug-likeness (QED) is 0.493. The summed E-state index contributed by atoms with van der Waals surface area (Å²) in [6.45, 7) is 8.73. The molecule has 2 nitrogen and oxygen atoms in total. The lowest BCUT2D eigenvalue weighted by Gasteiger charge is -2.29. The van der Waals surface area contributed by atoms with Crippen LogP contribution >= 0.6 is 8.38 Å². The first-order chi connectivity index (χ1) is 12.4. The van der Waals surface area contributed by atoms with Crippen LogP contribution in [0.15, 0.2) is 66.7 Å². The van der Waals surface area contributed by atoms with Crippen molar-refractivity contribution in [2.75, 3.05) is 0 Å². The Morgan fingerprint density at radius 3 is 2.31 bits per heavy atom. The third-order valence-corrected chi connectivity index (χ3v) is 6.09. The van der Waals surface area contributed by atoms with Crippen molar-refractivity contribution in [2.45, 2.75) is 33.1 Å². The molecule has 0 N–H and O–H groups in total. The number of aryl methyl sites for hydroxylation is 1. The Bertz CT molecular complexity index is 956. The van der Waals surface area contributed by atoms with E-state index in [0.717, 1.165) is 22.4 Å². The average molecular weight is 362 g/mol. The minimum absolute atomic E-state index is 0.00553. The van der Waals surface area contributed by atoms with E-state index < -0.39 is 8.38 Å². The van der Waals surface area contributed by atoms with Gasteiger partial charge in [0.1, 0.15) is 11.5 Å². The molecule has 1 heterocycles. The normalized spacial score (nSPS) is 15.6. The molecule has 0 amide bonds. The third-order valence-electron chi connectivity index (χ3n) is 4.59. The molecule has 0 radical (unpaired) electrons. The smallest absolute Gasteiger partial charge is 0.326 e. The molecular formula is C23H23O2P. The van der Waals surface area contributed by atoms with Gasteiger partial charge in [-0.25, -0.2) is 0 Å². The Balaban J connectivity index is 1.78. The highest BCUT2D eigenvalue weighted by atomic mass is 31.2. The highest BCUT2D eigenvalue weighted by molar-refractivity contribution is 7.57. The maximum absolute atomic E-state index is 6.52. The fourth-order valence-corrected chi connectivity index (χ4v) is 4.75. The third kappa shape index (κ3) is 3.10. The van der Waals surface area contributed by atoms with Gasteiger partial charge in [-0.2, -0.15) is 0 Å². The summed E-state index contributed by atoms with van der Waals surface area (Å²) >= 11 is 0. The molecular weight excluding hydrogens is 339 g/mol. The van der Waals surface area contributed by atoms with E-state index in [0.29, 0.717) is 0 Å². The molecule has 4 rings (SSSR count). The summed E-state index contributed by atoms with van der Waals surface area (Å²) in [5.41, 5.74) is 4.72. The molecule has 1 aliphatic heterocycles. The summed E-state index contributed by atoms with van der Waals surface area (Å²) in [5.74, 6) is 1.81. The van der Waals surface area contributed by atoms with Crippen LogP contribution in [0.5, 0.6) is 11.5 Å². The van der Waals surface area contributed by atoms with Crippen LogP contribution in [-0.2, 0) is 5.41 Å². The molecule has 0 saturated heterocycles. The largest absolute Gasteiger partial charge is 0.435 e. The molecule has 26 heavy (non-hydrogen) atoms. The lowest BCUT2D eigenvalue weighted by molar-refractivity contribution is 0.480. The molecule has 0 bridgehead atoms. The number of fused-ring (bicyclic) bond motifs is 3. The fraction of sp³-hybridized carbons (Fsp3) is 0.217. The van der Waals surface area contributed by atoms with Gasteiger partial charge in [0.05, 0.1) is 5.30 Å². The van der Waals surface area contributed by atoms with Crippen molar-refractivity contribution in [3.05, 3.63) is 77.9 Å². The van der Waals surface area contributed by atoms with Crippen LogP contribution in [0, 0.1) is 6.92 Å². The first kappa shape index (κ1) is 17.1. The van der Waals surface area contributed by atoms with Gasteiger partial charge in [0.2, 0.25) is 0 Å². The van der Waals surface area contributed by atoms with E-state index in [4.69, 9.17) is 9.05 Å². The maximum atomic E-state index is 6.52. The van der Waals surface area contributed by atoms with Crippen LogP contribution in [-0.4, -0.2) is 0 Å². The molecule has 1 unspecified atom stereocenters. The number of para-hydroxylation sites is 1. The van der Waals surface area contributed by atoms with E-state index in [1.807, 2.05) is 18.2 Å². The Hall–Kier alpha value is -2.31. The molecule has 0 spiro atoms. The fourth-order valence-electron chi connectivity index (χ4n) is 3.25. The maximum Gasteiger partial charge on any atom is 0.326 e. The Morgan fingerprint density at radius 2 is 1.54 bits per heavy atom. The summed E-state index contributed by atoms with van der Waals surface area (Å²) in [6, 6.07) is 23.0. The molecule has 3 aromatic carbocycles. The van der Waals surface area contributed by atoms with Crippen molar-refractivity contribution in [3.8, 4) is 22.6 Å². The lowest BCUT2D eigenvalue weighted by atomic mass is 9.86. The van der Waals surface area contributed by atoms with Crippen LogP contribution < -0.4 is 14.4 Å². The van der Waals surface area contributed by atoms with Gasteiger partial charge in [0.15, 0.2) is 0 Å². The lowest BCUT2D eigenvalue weighted by Crippen LogP contribution is -2.19. The molecule has 132 valence electrons. The van der Waals surface area contributed by atoms with E-state index in [2.05, 4.69) is 76.2 Å². The molecule has 1 aliphatic rings. The average Bonchev–Trinajstić information content (AvgIpc) is 2.61. The van der Waals surface area contributed by atoms with E-state index in [-0.39, 0.29) is 5.41 Å². The molecule has 3 heteroatoms. The predicted molar refractivity (Wildman–Crippen MR) is 110 cm³/mol. The SMILES string of the molecule is Cc1ccc(C(C)(C)C)c(OP2Oc3ccccc3-c3ccccc32)c1. The van der Waals surface area contributed by atoms with Crippen molar-refractivity contribution < 1.29 is 9.05 Å². The number of rotatable bonds is 2. The van der Waals surface area contributed by atoms with Crippen LogP contribution in [0.3, 0.4) is 0 Å². The molecule has 1 atom stereocenters. The van der Waals surface area contributed by atoms with Gasteiger partial charge in [-0.3, -0.25) is 0 Å². The standard InChI is InChI=1S/C23H23O2P/c1-16-13-14-19(23(2,3)4)21(15-16)25-26-22-12-8-6-10-18(22)17-9-5-7-11-20(17)24-26/h5-15H,1-4H3. The molecule has 0 aliphatic carbocycles. The minimum atomic E-state index is -1.23. The second-order valence-electron chi connectivity index (χ2n) is 7.70. The van der Waals surface area contributed by atoms with Crippen molar-refractivity contribution >= 4 is 13.7 Å². The second kappa shape index (κ2) is 6.45. The predicted octanol–water partition coefficient (Wildman–Crippen LogP) is 6.37. The number of hydrogen-bond acceptors (Lipinski definition) is 2. The zero-order chi connectivity index (χ0) is 18.3. The first-order valence-corrected chi connectivity index (χ1v) is 10.1. The van der Waals surface area contributed by atoms with E-state index >= 15 is 0 Å². The van der Waals surface area contributed by atoms with Crippen molar-refractivity contribution in [2.24, 2.45) is 0 Å². The summed E-state index contributed by atoms with van der Waals surface area (Å²) in [4.78, 5) is 0. The van der Waals surface area contributed by atoms with Gasteiger partial charge in [-0.1, -0.05) is 69.3 Å².